The van der Waals surface area contributed by atoms with Crippen molar-refractivity contribution < 1.29 is 0 Å². The zero-order valence-corrected chi connectivity index (χ0v) is 12.0. The van der Waals surface area contributed by atoms with Gasteiger partial charge in [0.15, 0.2) is 0 Å². The maximum absolute atomic E-state index is 5.70. The number of thioether (sulfide) groups is 1. The Labute approximate surface area is 115 Å². The van der Waals surface area contributed by atoms with Crippen molar-refractivity contribution >= 4 is 11.8 Å². The Balaban J connectivity index is 2.00. The lowest BCUT2D eigenvalue weighted by Gasteiger charge is -2.27. The molecule has 3 heteroatoms. The lowest BCUT2D eigenvalue weighted by atomic mass is 9.79. The first-order valence-electron chi connectivity index (χ1n) is 6.99. The second-order valence-corrected chi connectivity index (χ2v) is 6.24. The number of benzene rings is 1. The Kier molecular flexibility index (Phi) is 5.54. The highest BCUT2D eigenvalue weighted by atomic mass is 32.2. The molecule has 0 aromatic heterocycles. The molecule has 1 atom stereocenters. The fourth-order valence-electron chi connectivity index (χ4n) is 2.36. The van der Waals surface area contributed by atoms with E-state index in [1.165, 1.54) is 42.6 Å². The largest absolute Gasteiger partial charge is 0.271 e. The van der Waals surface area contributed by atoms with Crippen LogP contribution >= 0.6 is 11.8 Å². The van der Waals surface area contributed by atoms with Gasteiger partial charge in [-0.15, -0.1) is 0 Å². The number of rotatable bonds is 7. The van der Waals surface area contributed by atoms with Crippen molar-refractivity contribution in [3.05, 3.63) is 35.4 Å². The lowest BCUT2D eigenvalue weighted by molar-refractivity contribution is 0.419. The van der Waals surface area contributed by atoms with E-state index < -0.39 is 0 Å². The first-order valence-corrected chi connectivity index (χ1v) is 8.14. The van der Waals surface area contributed by atoms with Crippen molar-refractivity contribution in [3.8, 4) is 0 Å². The van der Waals surface area contributed by atoms with Gasteiger partial charge in [-0.2, -0.15) is 11.8 Å². The molecule has 1 fully saturated rings. The Bertz CT molecular complexity index is 363. The van der Waals surface area contributed by atoms with Gasteiger partial charge in [-0.25, -0.2) is 0 Å². The van der Waals surface area contributed by atoms with E-state index in [-0.39, 0.29) is 6.04 Å². The van der Waals surface area contributed by atoms with Gasteiger partial charge in [-0.3, -0.25) is 11.3 Å². The van der Waals surface area contributed by atoms with Gasteiger partial charge < -0.3 is 0 Å². The molecule has 1 saturated carbocycles. The van der Waals surface area contributed by atoms with Crippen molar-refractivity contribution in [3.63, 3.8) is 0 Å². The molecule has 0 heterocycles. The molecule has 1 aromatic rings. The van der Waals surface area contributed by atoms with E-state index in [0.29, 0.717) is 0 Å². The molecule has 1 aliphatic carbocycles. The van der Waals surface area contributed by atoms with Crippen LogP contribution in [0.2, 0.25) is 0 Å². The third kappa shape index (κ3) is 3.50. The van der Waals surface area contributed by atoms with Gasteiger partial charge in [-0.05, 0) is 42.1 Å². The summed E-state index contributed by atoms with van der Waals surface area (Å²) in [5.41, 5.74) is 5.80. The average Bonchev–Trinajstić information content (AvgIpc) is 2.33. The van der Waals surface area contributed by atoms with E-state index in [2.05, 4.69) is 36.6 Å². The Morgan fingerprint density at radius 1 is 1.44 bits per heavy atom. The Morgan fingerprint density at radius 2 is 2.28 bits per heavy atom. The van der Waals surface area contributed by atoms with Gasteiger partial charge in [0.05, 0.1) is 6.04 Å². The molecular formula is C15H24N2S. The molecule has 1 aliphatic rings. The van der Waals surface area contributed by atoms with E-state index in [4.69, 9.17) is 5.84 Å². The molecular weight excluding hydrogens is 240 g/mol. The maximum atomic E-state index is 5.70. The molecule has 0 radical (unpaired) electrons. The molecule has 1 aromatic carbocycles. The average molecular weight is 264 g/mol. The second-order valence-electron chi connectivity index (χ2n) is 5.09. The summed E-state index contributed by atoms with van der Waals surface area (Å²) in [5, 5.41) is 0. The summed E-state index contributed by atoms with van der Waals surface area (Å²) < 4.78 is 0. The smallest absolute Gasteiger partial charge is 0.0550 e. The standard InChI is InChI=1S/C15H24N2S/c1-2-9-18-11-15(17-16)14-8-4-7-13(10-14)12-5-3-6-12/h4,7-8,10,12,15,17H,2-3,5-6,9,11,16H2,1H3. The first-order chi connectivity index (χ1) is 8.85. The van der Waals surface area contributed by atoms with Crippen LogP contribution in [0.3, 0.4) is 0 Å². The minimum atomic E-state index is 0.279. The monoisotopic (exact) mass is 264 g/mol. The highest BCUT2D eigenvalue weighted by molar-refractivity contribution is 7.99. The molecule has 0 aliphatic heterocycles. The minimum absolute atomic E-state index is 0.279. The molecule has 18 heavy (non-hydrogen) atoms. The summed E-state index contributed by atoms with van der Waals surface area (Å²) in [6.07, 6.45) is 5.33. The van der Waals surface area contributed by atoms with Gasteiger partial charge in [0, 0.05) is 5.75 Å². The summed E-state index contributed by atoms with van der Waals surface area (Å²) in [4.78, 5) is 0. The van der Waals surface area contributed by atoms with Gasteiger partial charge in [-0.1, -0.05) is 37.6 Å². The summed E-state index contributed by atoms with van der Waals surface area (Å²) >= 11 is 1.97. The molecule has 0 saturated heterocycles. The predicted octanol–water partition coefficient (Wildman–Crippen LogP) is 3.60. The zero-order chi connectivity index (χ0) is 12.8. The zero-order valence-electron chi connectivity index (χ0n) is 11.2. The van der Waals surface area contributed by atoms with Crippen molar-refractivity contribution in [2.75, 3.05) is 11.5 Å². The molecule has 0 spiro atoms. The van der Waals surface area contributed by atoms with Crippen LogP contribution in [0.4, 0.5) is 0 Å². The van der Waals surface area contributed by atoms with E-state index in [1.807, 2.05) is 11.8 Å². The highest BCUT2D eigenvalue weighted by Crippen LogP contribution is 2.37. The third-order valence-corrected chi connectivity index (χ3v) is 4.99. The molecule has 3 N–H and O–H groups in total. The summed E-state index contributed by atoms with van der Waals surface area (Å²) in [6.45, 7) is 2.22. The first kappa shape index (κ1) is 13.9. The number of hydrogen-bond donors (Lipinski definition) is 2. The molecule has 0 amide bonds. The van der Waals surface area contributed by atoms with Crippen molar-refractivity contribution in [1.29, 1.82) is 0 Å². The molecule has 100 valence electrons. The van der Waals surface area contributed by atoms with Crippen molar-refractivity contribution in [1.82, 2.24) is 5.43 Å². The highest BCUT2D eigenvalue weighted by Gasteiger charge is 2.20. The third-order valence-electron chi connectivity index (χ3n) is 3.72. The number of nitrogens with one attached hydrogen (secondary N) is 1. The van der Waals surface area contributed by atoms with Crippen LogP contribution in [0, 0.1) is 0 Å². The van der Waals surface area contributed by atoms with E-state index in [9.17, 15) is 0 Å². The lowest BCUT2D eigenvalue weighted by Crippen LogP contribution is -2.30. The van der Waals surface area contributed by atoms with Crippen LogP contribution in [0.25, 0.3) is 0 Å². The van der Waals surface area contributed by atoms with Crippen LogP contribution in [0.5, 0.6) is 0 Å². The molecule has 1 unspecified atom stereocenters. The van der Waals surface area contributed by atoms with Gasteiger partial charge in [0.2, 0.25) is 0 Å². The van der Waals surface area contributed by atoms with Crippen LogP contribution in [-0.2, 0) is 0 Å². The van der Waals surface area contributed by atoms with Crippen LogP contribution < -0.4 is 11.3 Å². The molecule has 2 rings (SSSR count). The fourth-order valence-corrected chi connectivity index (χ4v) is 3.34. The molecule has 0 bridgehead atoms. The summed E-state index contributed by atoms with van der Waals surface area (Å²) in [7, 11) is 0. The van der Waals surface area contributed by atoms with Crippen molar-refractivity contribution in [2.45, 2.75) is 44.6 Å². The SMILES string of the molecule is CCCSCC(NN)c1cccc(C2CCC2)c1. The predicted molar refractivity (Wildman–Crippen MR) is 80.7 cm³/mol. The quantitative estimate of drug-likeness (QED) is 0.449. The van der Waals surface area contributed by atoms with Crippen LogP contribution in [0.15, 0.2) is 24.3 Å². The number of hydrogen-bond acceptors (Lipinski definition) is 3. The van der Waals surface area contributed by atoms with E-state index >= 15 is 0 Å². The van der Waals surface area contributed by atoms with Gasteiger partial charge in [0.25, 0.3) is 0 Å². The normalized spacial score (nSPS) is 17.4. The van der Waals surface area contributed by atoms with Gasteiger partial charge in [0.1, 0.15) is 0 Å². The summed E-state index contributed by atoms with van der Waals surface area (Å²) in [5.74, 6) is 8.76. The topological polar surface area (TPSA) is 38.0 Å². The van der Waals surface area contributed by atoms with Gasteiger partial charge >= 0.3 is 0 Å². The van der Waals surface area contributed by atoms with Crippen LogP contribution in [-0.4, -0.2) is 11.5 Å². The van der Waals surface area contributed by atoms with Crippen molar-refractivity contribution in [2.24, 2.45) is 5.84 Å². The van der Waals surface area contributed by atoms with E-state index in [1.54, 1.807) is 0 Å². The summed E-state index contributed by atoms with van der Waals surface area (Å²) in [6, 6.07) is 9.26. The molecule has 2 nitrogen and oxygen atoms in total. The maximum Gasteiger partial charge on any atom is 0.0550 e. The minimum Gasteiger partial charge on any atom is -0.271 e. The van der Waals surface area contributed by atoms with Crippen LogP contribution in [0.1, 0.15) is 55.7 Å². The fraction of sp³-hybridized carbons (Fsp3) is 0.600. The van der Waals surface area contributed by atoms with E-state index in [0.717, 1.165) is 11.7 Å². The number of nitrogens with two attached hydrogens (primary N) is 1. The Hall–Kier alpha value is -0.510. The second kappa shape index (κ2) is 7.17. The number of hydrazine groups is 1. The Morgan fingerprint density at radius 3 is 2.89 bits per heavy atom.